The highest BCUT2D eigenvalue weighted by Gasteiger charge is 2.21. The van der Waals surface area contributed by atoms with Gasteiger partial charge in [0.05, 0.1) is 6.54 Å². The number of nitrogens with zero attached hydrogens (tertiary/aromatic N) is 1. The fourth-order valence-electron chi connectivity index (χ4n) is 3.66. The molecule has 2 fully saturated rings. The summed E-state index contributed by atoms with van der Waals surface area (Å²) in [6.07, 6.45) is 13.2. The van der Waals surface area contributed by atoms with Gasteiger partial charge in [-0.25, -0.2) is 0 Å². The first kappa shape index (κ1) is 15.8. The predicted octanol–water partition coefficient (Wildman–Crippen LogP) is 3.34. The van der Waals surface area contributed by atoms with E-state index in [2.05, 4.69) is 17.1 Å². The smallest absolute Gasteiger partial charge is 0.236 e. The number of carbonyl (C=O) groups excluding carboxylic acids is 1. The standard InChI is InChI=1S/C17H32N2O/c1-15(16-10-6-2-3-7-11-16)18-14-17(20)19-12-8-4-5-9-13-19/h15-16,18H,2-14H2,1H3/t15-/m0/s1. The molecule has 116 valence electrons. The second-order valence-electron chi connectivity index (χ2n) is 6.72. The van der Waals surface area contributed by atoms with Crippen LogP contribution in [-0.2, 0) is 4.79 Å². The molecule has 3 nitrogen and oxygen atoms in total. The van der Waals surface area contributed by atoms with Crippen LogP contribution in [0.3, 0.4) is 0 Å². The molecule has 1 aliphatic heterocycles. The van der Waals surface area contributed by atoms with Crippen molar-refractivity contribution in [1.82, 2.24) is 10.2 Å². The fraction of sp³-hybridized carbons (Fsp3) is 0.941. The Bertz CT molecular complexity index is 277. The summed E-state index contributed by atoms with van der Waals surface area (Å²) < 4.78 is 0. The average molecular weight is 280 g/mol. The van der Waals surface area contributed by atoms with Crippen molar-refractivity contribution < 1.29 is 4.79 Å². The van der Waals surface area contributed by atoms with Crippen molar-refractivity contribution in [3.63, 3.8) is 0 Å². The van der Waals surface area contributed by atoms with Gasteiger partial charge in [-0.3, -0.25) is 4.79 Å². The Labute approximate surface area is 124 Å². The van der Waals surface area contributed by atoms with Crippen molar-refractivity contribution in [2.45, 2.75) is 77.2 Å². The van der Waals surface area contributed by atoms with E-state index in [-0.39, 0.29) is 0 Å². The lowest BCUT2D eigenvalue weighted by Gasteiger charge is -2.26. The molecule has 0 aromatic carbocycles. The summed E-state index contributed by atoms with van der Waals surface area (Å²) in [4.78, 5) is 14.3. The van der Waals surface area contributed by atoms with Crippen molar-refractivity contribution in [2.24, 2.45) is 5.92 Å². The first-order valence-corrected chi connectivity index (χ1v) is 8.78. The number of carbonyl (C=O) groups is 1. The van der Waals surface area contributed by atoms with Crippen LogP contribution in [0.2, 0.25) is 0 Å². The molecule has 1 amide bonds. The largest absolute Gasteiger partial charge is 0.342 e. The summed E-state index contributed by atoms with van der Waals surface area (Å²) in [7, 11) is 0. The van der Waals surface area contributed by atoms with Crippen molar-refractivity contribution in [2.75, 3.05) is 19.6 Å². The second-order valence-corrected chi connectivity index (χ2v) is 6.72. The quantitative estimate of drug-likeness (QED) is 0.801. The van der Waals surface area contributed by atoms with Gasteiger partial charge in [0.25, 0.3) is 0 Å². The van der Waals surface area contributed by atoms with Crippen molar-refractivity contribution >= 4 is 5.91 Å². The van der Waals surface area contributed by atoms with Gasteiger partial charge in [0.15, 0.2) is 0 Å². The lowest BCUT2D eigenvalue weighted by atomic mass is 9.93. The molecule has 2 rings (SSSR count). The minimum absolute atomic E-state index is 0.312. The Kier molecular flexibility index (Phi) is 6.85. The molecular weight excluding hydrogens is 248 g/mol. The molecule has 1 saturated heterocycles. The molecule has 0 aromatic heterocycles. The summed E-state index contributed by atoms with van der Waals surface area (Å²) >= 11 is 0. The molecule has 2 aliphatic rings. The molecule has 3 heteroatoms. The lowest BCUT2D eigenvalue weighted by Crippen LogP contribution is -2.43. The van der Waals surface area contributed by atoms with Gasteiger partial charge in [-0.1, -0.05) is 38.5 Å². The molecule has 0 radical (unpaired) electrons. The number of amides is 1. The third-order valence-corrected chi connectivity index (χ3v) is 5.14. The molecular formula is C17H32N2O. The molecule has 0 aromatic rings. The van der Waals surface area contributed by atoms with Gasteiger partial charge in [-0.05, 0) is 38.5 Å². The monoisotopic (exact) mass is 280 g/mol. The number of nitrogens with one attached hydrogen (secondary N) is 1. The van der Waals surface area contributed by atoms with Crippen LogP contribution in [0, 0.1) is 5.92 Å². The summed E-state index contributed by atoms with van der Waals surface area (Å²) in [5.74, 6) is 1.09. The molecule has 1 heterocycles. The van der Waals surface area contributed by atoms with Crippen LogP contribution in [0.25, 0.3) is 0 Å². The van der Waals surface area contributed by atoms with Gasteiger partial charge < -0.3 is 10.2 Å². The fourth-order valence-corrected chi connectivity index (χ4v) is 3.66. The maximum Gasteiger partial charge on any atom is 0.236 e. The first-order chi connectivity index (χ1) is 9.77. The summed E-state index contributed by atoms with van der Waals surface area (Å²) in [5, 5.41) is 3.51. The van der Waals surface area contributed by atoms with Crippen LogP contribution in [-0.4, -0.2) is 36.5 Å². The van der Waals surface area contributed by atoms with Crippen LogP contribution in [0.4, 0.5) is 0 Å². The number of hydrogen-bond donors (Lipinski definition) is 1. The molecule has 1 N–H and O–H groups in total. The Balaban J connectivity index is 1.71. The van der Waals surface area contributed by atoms with Crippen molar-refractivity contribution in [3.8, 4) is 0 Å². The van der Waals surface area contributed by atoms with E-state index in [1.54, 1.807) is 0 Å². The van der Waals surface area contributed by atoms with E-state index < -0.39 is 0 Å². The van der Waals surface area contributed by atoms with E-state index in [1.165, 1.54) is 64.2 Å². The van der Waals surface area contributed by atoms with Gasteiger partial charge in [-0.15, -0.1) is 0 Å². The summed E-state index contributed by atoms with van der Waals surface area (Å²) in [5.41, 5.74) is 0. The van der Waals surface area contributed by atoms with Gasteiger partial charge in [0, 0.05) is 19.1 Å². The van der Waals surface area contributed by atoms with Crippen LogP contribution in [0.1, 0.15) is 71.1 Å². The Hall–Kier alpha value is -0.570. The Morgan fingerprint density at radius 3 is 2.15 bits per heavy atom. The summed E-state index contributed by atoms with van der Waals surface area (Å²) in [6, 6.07) is 0.490. The van der Waals surface area contributed by atoms with E-state index >= 15 is 0 Å². The Morgan fingerprint density at radius 2 is 1.55 bits per heavy atom. The molecule has 0 unspecified atom stereocenters. The lowest BCUT2D eigenvalue weighted by molar-refractivity contribution is -0.130. The molecule has 0 spiro atoms. The van der Waals surface area contributed by atoms with E-state index in [9.17, 15) is 4.79 Å². The van der Waals surface area contributed by atoms with E-state index in [0.29, 0.717) is 18.5 Å². The van der Waals surface area contributed by atoms with Crippen LogP contribution >= 0.6 is 0 Å². The average Bonchev–Trinajstić information content (AvgIpc) is 2.88. The zero-order valence-electron chi connectivity index (χ0n) is 13.2. The summed E-state index contributed by atoms with van der Waals surface area (Å²) in [6.45, 7) is 4.75. The van der Waals surface area contributed by atoms with E-state index in [1.807, 2.05) is 0 Å². The Morgan fingerprint density at radius 1 is 1.00 bits per heavy atom. The van der Waals surface area contributed by atoms with Crippen molar-refractivity contribution in [3.05, 3.63) is 0 Å². The maximum absolute atomic E-state index is 12.3. The predicted molar refractivity (Wildman–Crippen MR) is 83.7 cm³/mol. The number of likely N-dealkylation sites (tertiary alicyclic amines) is 1. The highest BCUT2D eigenvalue weighted by atomic mass is 16.2. The van der Waals surface area contributed by atoms with Gasteiger partial charge in [0.2, 0.25) is 5.91 Å². The zero-order chi connectivity index (χ0) is 14.2. The number of hydrogen-bond acceptors (Lipinski definition) is 2. The van der Waals surface area contributed by atoms with Crippen LogP contribution in [0.15, 0.2) is 0 Å². The van der Waals surface area contributed by atoms with Gasteiger partial charge in [-0.2, -0.15) is 0 Å². The van der Waals surface area contributed by atoms with Crippen LogP contribution in [0.5, 0.6) is 0 Å². The molecule has 0 bridgehead atoms. The SMILES string of the molecule is C[C@H](NCC(=O)N1CCCCCC1)C1CCCCCC1. The number of rotatable bonds is 4. The molecule has 1 saturated carbocycles. The molecule has 20 heavy (non-hydrogen) atoms. The van der Waals surface area contributed by atoms with Crippen LogP contribution < -0.4 is 5.32 Å². The molecule has 1 atom stereocenters. The minimum Gasteiger partial charge on any atom is -0.342 e. The highest BCUT2D eigenvalue weighted by Crippen LogP contribution is 2.25. The van der Waals surface area contributed by atoms with Crippen molar-refractivity contribution in [1.29, 1.82) is 0 Å². The third kappa shape index (κ3) is 5.08. The van der Waals surface area contributed by atoms with Gasteiger partial charge >= 0.3 is 0 Å². The zero-order valence-corrected chi connectivity index (χ0v) is 13.2. The highest BCUT2D eigenvalue weighted by molar-refractivity contribution is 5.78. The van der Waals surface area contributed by atoms with E-state index in [4.69, 9.17) is 0 Å². The molecule has 1 aliphatic carbocycles. The maximum atomic E-state index is 12.3. The third-order valence-electron chi connectivity index (χ3n) is 5.14. The minimum atomic E-state index is 0.312. The first-order valence-electron chi connectivity index (χ1n) is 8.78. The van der Waals surface area contributed by atoms with Gasteiger partial charge in [0.1, 0.15) is 0 Å². The second kappa shape index (κ2) is 8.66. The van der Waals surface area contributed by atoms with E-state index in [0.717, 1.165) is 19.0 Å². The topological polar surface area (TPSA) is 32.3 Å². The normalized spacial score (nSPS) is 23.9.